The third-order valence-corrected chi connectivity index (χ3v) is 4.59. The van der Waals surface area contributed by atoms with Gasteiger partial charge in [0, 0.05) is 36.9 Å². The van der Waals surface area contributed by atoms with Crippen LogP contribution in [0.3, 0.4) is 0 Å². The lowest BCUT2D eigenvalue weighted by molar-refractivity contribution is -0.111. The van der Waals surface area contributed by atoms with E-state index in [1.807, 2.05) is 19.9 Å². The molecule has 1 fully saturated rings. The SMILES string of the molecule is CCOc1cc(N2CCOCC2)c(OCC)cc1NC(=O)/C=C/c1ccccc1F. The first-order valence-corrected chi connectivity index (χ1v) is 10.1. The average Bonchev–Trinajstić information content (AvgIpc) is 2.76. The van der Waals surface area contributed by atoms with Crippen molar-refractivity contribution in [3.8, 4) is 11.5 Å². The first-order chi connectivity index (χ1) is 14.6. The van der Waals surface area contributed by atoms with E-state index in [4.69, 9.17) is 14.2 Å². The van der Waals surface area contributed by atoms with Gasteiger partial charge < -0.3 is 24.4 Å². The fourth-order valence-electron chi connectivity index (χ4n) is 3.19. The number of halogens is 1. The van der Waals surface area contributed by atoms with Crippen LogP contribution in [-0.2, 0) is 9.53 Å². The second-order valence-electron chi connectivity index (χ2n) is 6.63. The van der Waals surface area contributed by atoms with Crippen LogP contribution in [0, 0.1) is 5.82 Å². The normalized spacial score (nSPS) is 14.0. The molecule has 7 heteroatoms. The van der Waals surface area contributed by atoms with Gasteiger partial charge in [-0.1, -0.05) is 18.2 Å². The predicted molar refractivity (Wildman–Crippen MR) is 116 cm³/mol. The number of ether oxygens (including phenoxy) is 3. The maximum Gasteiger partial charge on any atom is 0.248 e. The van der Waals surface area contributed by atoms with Gasteiger partial charge in [0.1, 0.15) is 17.3 Å². The van der Waals surface area contributed by atoms with Gasteiger partial charge in [-0.25, -0.2) is 4.39 Å². The maximum absolute atomic E-state index is 13.8. The number of benzene rings is 2. The highest BCUT2D eigenvalue weighted by molar-refractivity contribution is 6.03. The number of anilines is 2. The minimum absolute atomic E-state index is 0.343. The summed E-state index contributed by atoms with van der Waals surface area (Å²) in [4.78, 5) is 14.6. The summed E-state index contributed by atoms with van der Waals surface area (Å²) >= 11 is 0. The molecule has 2 aromatic carbocycles. The summed E-state index contributed by atoms with van der Waals surface area (Å²) in [6.07, 6.45) is 2.74. The topological polar surface area (TPSA) is 60.0 Å². The van der Waals surface area contributed by atoms with Crippen molar-refractivity contribution in [2.45, 2.75) is 13.8 Å². The van der Waals surface area contributed by atoms with Crippen LogP contribution in [0.25, 0.3) is 6.08 Å². The van der Waals surface area contributed by atoms with Crippen LogP contribution < -0.4 is 19.7 Å². The van der Waals surface area contributed by atoms with Crippen molar-refractivity contribution in [2.24, 2.45) is 0 Å². The molecule has 0 spiro atoms. The number of amides is 1. The van der Waals surface area contributed by atoms with E-state index >= 15 is 0 Å². The molecule has 160 valence electrons. The van der Waals surface area contributed by atoms with Crippen molar-refractivity contribution in [2.75, 3.05) is 49.7 Å². The van der Waals surface area contributed by atoms with Crippen molar-refractivity contribution in [1.29, 1.82) is 0 Å². The third-order valence-electron chi connectivity index (χ3n) is 4.59. The van der Waals surface area contributed by atoms with Crippen LogP contribution in [0.15, 0.2) is 42.5 Å². The van der Waals surface area contributed by atoms with Gasteiger partial charge in [-0.05, 0) is 26.0 Å². The monoisotopic (exact) mass is 414 g/mol. The second kappa shape index (κ2) is 10.6. The van der Waals surface area contributed by atoms with E-state index in [1.165, 1.54) is 18.2 Å². The van der Waals surface area contributed by atoms with Crippen molar-refractivity contribution < 1.29 is 23.4 Å². The summed E-state index contributed by atoms with van der Waals surface area (Å²) in [6.45, 7) is 7.54. The summed E-state index contributed by atoms with van der Waals surface area (Å²) in [5, 5.41) is 2.82. The minimum Gasteiger partial charge on any atom is -0.492 e. The number of hydrogen-bond acceptors (Lipinski definition) is 5. The molecule has 1 amide bonds. The Morgan fingerprint density at radius 1 is 1.13 bits per heavy atom. The number of carbonyl (C=O) groups excluding carboxylic acids is 1. The lowest BCUT2D eigenvalue weighted by atomic mass is 10.2. The molecule has 1 saturated heterocycles. The minimum atomic E-state index is -0.388. The van der Waals surface area contributed by atoms with E-state index < -0.39 is 0 Å². The second-order valence-corrected chi connectivity index (χ2v) is 6.63. The molecule has 0 aliphatic carbocycles. The van der Waals surface area contributed by atoms with E-state index in [9.17, 15) is 9.18 Å². The highest BCUT2D eigenvalue weighted by atomic mass is 19.1. The molecule has 0 radical (unpaired) electrons. The van der Waals surface area contributed by atoms with E-state index in [2.05, 4.69) is 10.2 Å². The molecule has 0 saturated carbocycles. The fourth-order valence-corrected chi connectivity index (χ4v) is 3.19. The zero-order valence-electron chi connectivity index (χ0n) is 17.3. The van der Waals surface area contributed by atoms with Gasteiger partial charge >= 0.3 is 0 Å². The fraction of sp³-hybridized carbons (Fsp3) is 0.348. The molecule has 3 rings (SSSR count). The zero-order valence-corrected chi connectivity index (χ0v) is 17.3. The lowest BCUT2D eigenvalue weighted by Crippen LogP contribution is -2.36. The summed E-state index contributed by atoms with van der Waals surface area (Å²) < 4.78 is 30.8. The Balaban J connectivity index is 1.85. The quantitative estimate of drug-likeness (QED) is 0.659. The number of hydrogen-bond donors (Lipinski definition) is 1. The number of rotatable bonds is 8. The summed E-state index contributed by atoms with van der Waals surface area (Å²) in [5.74, 6) is 0.442. The molecular weight excluding hydrogens is 387 g/mol. The molecule has 1 aliphatic rings. The molecule has 1 heterocycles. The van der Waals surface area contributed by atoms with Gasteiger partial charge in [0.25, 0.3) is 0 Å². The van der Waals surface area contributed by atoms with Gasteiger partial charge in [-0.15, -0.1) is 0 Å². The molecule has 0 atom stereocenters. The van der Waals surface area contributed by atoms with Crippen LogP contribution in [0.4, 0.5) is 15.8 Å². The molecule has 0 unspecified atom stereocenters. The highest BCUT2D eigenvalue weighted by Gasteiger charge is 2.20. The Labute approximate surface area is 176 Å². The van der Waals surface area contributed by atoms with E-state index in [1.54, 1.807) is 24.3 Å². The van der Waals surface area contributed by atoms with Gasteiger partial charge in [-0.2, -0.15) is 0 Å². The van der Waals surface area contributed by atoms with Crippen LogP contribution >= 0.6 is 0 Å². The lowest BCUT2D eigenvalue weighted by Gasteiger charge is -2.31. The maximum atomic E-state index is 13.8. The first kappa shape index (κ1) is 21.6. The predicted octanol–water partition coefficient (Wildman–Crippen LogP) is 4.11. The molecule has 30 heavy (non-hydrogen) atoms. The molecular formula is C23H27FN2O4. The van der Waals surface area contributed by atoms with Crippen molar-refractivity contribution in [3.05, 3.63) is 53.9 Å². The molecule has 0 aromatic heterocycles. The smallest absolute Gasteiger partial charge is 0.248 e. The Morgan fingerprint density at radius 3 is 2.53 bits per heavy atom. The van der Waals surface area contributed by atoms with Crippen LogP contribution in [0.2, 0.25) is 0 Å². The van der Waals surface area contributed by atoms with Gasteiger partial charge in [0.2, 0.25) is 5.91 Å². The Bertz CT molecular complexity index is 895. The molecule has 6 nitrogen and oxygen atoms in total. The largest absolute Gasteiger partial charge is 0.492 e. The van der Waals surface area contributed by atoms with Crippen LogP contribution in [0.5, 0.6) is 11.5 Å². The van der Waals surface area contributed by atoms with Crippen LogP contribution in [0.1, 0.15) is 19.4 Å². The van der Waals surface area contributed by atoms with Crippen molar-refractivity contribution >= 4 is 23.4 Å². The molecule has 1 aliphatic heterocycles. The Kier molecular flexibility index (Phi) is 7.68. The Morgan fingerprint density at radius 2 is 1.83 bits per heavy atom. The van der Waals surface area contributed by atoms with Gasteiger partial charge in [0.05, 0.1) is 37.8 Å². The van der Waals surface area contributed by atoms with Crippen molar-refractivity contribution in [3.63, 3.8) is 0 Å². The summed E-state index contributed by atoms with van der Waals surface area (Å²) in [7, 11) is 0. The third kappa shape index (κ3) is 5.51. The van der Waals surface area contributed by atoms with Gasteiger partial charge in [0.15, 0.2) is 0 Å². The molecule has 1 N–H and O–H groups in total. The zero-order chi connectivity index (χ0) is 21.3. The van der Waals surface area contributed by atoms with Gasteiger partial charge in [-0.3, -0.25) is 4.79 Å². The first-order valence-electron chi connectivity index (χ1n) is 10.1. The standard InChI is InChI=1S/C23H27FN2O4/c1-3-29-21-16-20(26-11-13-28-14-12-26)22(30-4-2)15-19(21)25-23(27)10-9-17-7-5-6-8-18(17)24/h5-10,15-16H,3-4,11-14H2,1-2H3,(H,25,27)/b10-9+. The van der Waals surface area contributed by atoms with E-state index in [0.29, 0.717) is 49.2 Å². The van der Waals surface area contributed by atoms with Crippen LogP contribution in [-0.4, -0.2) is 45.4 Å². The molecule has 2 aromatic rings. The number of morpholine rings is 1. The Hall–Kier alpha value is -3.06. The van der Waals surface area contributed by atoms with Crippen molar-refractivity contribution in [1.82, 2.24) is 0 Å². The highest BCUT2D eigenvalue weighted by Crippen LogP contribution is 2.39. The number of carbonyl (C=O) groups is 1. The van der Waals surface area contributed by atoms with E-state index in [-0.39, 0.29) is 11.7 Å². The number of nitrogens with one attached hydrogen (secondary N) is 1. The average molecular weight is 414 g/mol. The van der Waals surface area contributed by atoms with E-state index in [0.717, 1.165) is 18.8 Å². The number of nitrogens with zero attached hydrogens (tertiary/aromatic N) is 1. The molecule has 0 bridgehead atoms. The summed E-state index contributed by atoms with van der Waals surface area (Å²) in [6, 6.07) is 9.93. The summed E-state index contributed by atoms with van der Waals surface area (Å²) in [5.41, 5.74) is 1.75.